The van der Waals surface area contributed by atoms with E-state index in [4.69, 9.17) is 89.3 Å². The molecule has 8 aromatic carbocycles. The molecule has 14 rings (SSSR count). The van der Waals surface area contributed by atoms with Crippen molar-refractivity contribution in [1.82, 2.24) is 0 Å². The zero-order valence-electron chi connectivity index (χ0n) is 64.1. The fraction of sp³-hybridized carbons (Fsp3) is 0.300. The maximum atomic E-state index is 10.9. The summed E-state index contributed by atoms with van der Waals surface area (Å²) in [6, 6.07) is 55.1. The first-order valence-corrected chi connectivity index (χ1v) is 54.5. The smallest absolute Gasteiger partial charge is 0.478 e. The van der Waals surface area contributed by atoms with Crippen LogP contribution in [0.1, 0.15) is 95.9 Å². The second-order valence-corrected chi connectivity index (χ2v) is 53.0. The Balaban J connectivity index is 1.02. The van der Waals surface area contributed by atoms with E-state index in [-0.39, 0.29) is 198 Å². The number of phenols is 8. The third kappa shape index (κ3) is 22.7. The summed E-state index contributed by atoms with van der Waals surface area (Å²) in [5, 5.41) is 87.6. The van der Waals surface area contributed by atoms with Crippen molar-refractivity contribution in [1.29, 1.82) is 0 Å². The largest absolute Gasteiger partial charge is 0.507 e. The minimum Gasteiger partial charge on any atom is -0.507 e. The van der Waals surface area contributed by atoms with Crippen molar-refractivity contribution >= 4 is 120 Å². The van der Waals surface area contributed by atoms with Gasteiger partial charge in [0.25, 0.3) is 0 Å². The van der Waals surface area contributed by atoms with Crippen LogP contribution in [0.4, 0.5) is 0 Å². The predicted octanol–water partition coefficient (Wildman–Crippen LogP) is 13.5. The molecular weight excluding hydrogens is 1620 g/mol. The highest BCUT2D eigenvalue weighted by Gasteiger charge is 2.83. The molecule has 0 radical (unpaired) electrons. The van der Waals surface area contributed by atoms with Crippen LogP contribution in [0.5, 0.6) is 46.0 Å². The summed E-state index contributed by atoms with van der Waals surface area (Å²) in [5.41, 5.74) is 3.98. The molecule has 0 aliphatic carbocycles. The van der Waals surface area contributed by atoms with Gasteiger partial charge in [-0.3, -0.25) is 39.9 Å². The Kier molecular flexibility index (Phi) is 29.1. The molecule has 36 heteroatoms. The fourth-order valence-corrected chi connectivity index (χ4v) is 64.0. The number of phenolic OH excluding ortho intramolecular Hbond substituents is 8. The summed E-state index contributed by atoms with van der Waals surface area (Å²) in [6.45, 7) is 1.26. The van der Waals surface area contributed by atoms with Crippen LogP contribution in [-0.4, -0.2) is 213 Å². The first-order valence-electron chi connectivity index (χ1n) is 39.0. The molecule has 0 amide bonds. The van der Waals surface area contributed by atoms with E-state index in [2.05, 4.69) is 0 Å². The Labute approximate surface area is 682 Å². The van der Waals surface area contributed by atoms with Gasteiger partial charge in [0, 0.05) is 195 Å². The summed E-state index contributed by atoms with van der Waals surface area (Å²) >= 11 is 0. The number of aromatic hydroxyl groups is 8. The molecule has 116 heavy (non-hydrogen) atoms. The van der Waals surface area contributed by atoms with E-state index in [0.29, 0.717) is 44.5 Å². The quantitative estimate of drug-likeness (QED) is 0.0100. The van der Waals surface area contributed by atoms with Gasteiger partial charge >= 0.3 is 70.4 Å². The number of benzene rings is 8. The zero-order valence-corrected chi connectivity index (χ0v) is 72.1. The molecule has 0 aromatic heterocycles. The third-order valence-corrected chi connectivity index (χ3v) is 56.8. The Bertz CT molecular complexity index is 3920. The summed E-state index contributed by atoms with van der Waals surface area (Å²) in [6.07, 6.45) is 14.7. The van der Waals surface area contributed by atoms with Gasteiger partial charge in [0.15, 0.2) is 0 Å². The van der Waals surface area contributed by atoms with Crippen molar-refractivity contribution in [3.63, 3.8) is 0 Å². The van der Waals surface area contributed by atoms with Crippen LogP contribution in [0.3, 0.4) is 0 Å². The van der Waals surface area contributed by atoms with E-state index in [1.165, 1.54) is 0 Å². The van der Waals surface area contributed by atoms with Crippen LogP contribution < -0.4 is 0 Å². The molecule has 6 aliphatic heterocycles. The number of nitrogens with zero attached hydrogens (tertiary/aromatic N) is 8. The minimum atomic E-state index is -4.80. The number of hydrogen-bond donors (Lipinski definition) is 8. The molecule has 0 spiro atoms. The molecule has 6 fully saturated rings. The van der Waals surface area contributed by atoms with Gasteiger partial charge in [-0.25, -0.2) is 0 Å². The van der Waals surface area contributed by atoms with Crippen LogP contribution >= 0.6 is 0 Å². The number of para-hydroxylation sites is 8. The lowest BCUT2D eigenvalue weighted by Crippen LogP contribution is -2.88. The molecule has 28 nitrogen and oxygen atoms in total. The van der Waals surface area contributed by atoms with E-state index in [1.807, 2.05) is 48.5 Å². The fourth-order valence-electron chi connectivity index (χ4n) is 13.7. The topological polar surface area (TPSA) is 371 Å². The maximum absolute atomic E-state index is 10.9. The van der Waals surface area contributed by atoms with E-state index in [0.717, 1.165) is 0 Å². The molecule has 8 N–H and O–H groups in total. The zero-order chi connectivity index (χ0) is 80.6. The van der Waals surface area contributed by atoms with Crippen molar-refractivity contribution < 1.29 is 90.2 Å². The standard InChI is InChI=1S/C80H96N8O20Si8/c89-73-33-9-1-25-65(73)57-81-41-17-49-109-97-110(50-18-42-82-58-66-26-2-10-34-74(66)90)100-113(53-21-45-85-61-69-29-5-13-37-77(69)93)102-111(98-109,51-19-43-83-59-67-27-3-11-35-75(67)91)104-115(55-23-47-87-63-71-31-7-15-39-79(71)95)105-112(99-109,52-20-44-84-60-68-28-4-12-36-76(68)92)103-114(101-110,54-22-46-86-62-70-30-6-14-38-78(70)94)107-116(106-113,108-115)56-24-48-88-64-72-32-8-16-40-80(72)96/h1-16,25-40,57-64,89-96H,17-24,41-56H2. The number of rotatable bonds is 40. The molecule has 0 unspecified atom stereocenters. The van der Waals surface area contributed by atoms with Gasteiger partial charge in [0.1, 0.15) is 46.0 Å². The van der Waals surface area contributed by atoms with E-state index < -0.39 is 70.4 Å². The highest BCUT2D eigenvalue weighted by molar-refractivity contribution is 7.03. The van der Waals surface area contributed by atoms with Crippen LogP contribution in [0.2, 0.25) is 48.4 Å². The monoisotopic (exact) mass is 1710 g/mol. The van der Waals surface area contributed by atoms with Crippen molar-refractivity contribution in [2.75, 3.05) is 52.4 Å². The second kappa shape index (κ2) is 39.8. The highest BCUT2D eigenvalue weighted by atomic mass is 28.6. The summed E-state index contributed by atoms with van der Waals surface area (Å²) in [7, 11) is -38.4. The highest BCUT2D eigenvalue weighted by Crippen LogP contribution is 2.55. The van der Waals surface area contributed by atoms with E-state index in [9.17, 15) is 40.9 Å². The normalized spacial score (nSPS) is 25.2. The minimum absolute atomic E-state index is 0.00116. The van der Waals surface area contributed by atoms with E-state index >= 15 is 0 Å². The lowest BCUT2D eigenvalue weighted by atomic mass is 10.2. The molecule has 8 aromatic rings. The first kappa shape index (κ1) is 84.7. The molecule has 0 atom stereocenters. The molecule has 6 heterocycles. The van der Waals surface area contributed by atoms with Crippen LogP contribution in [-0.2, 0) is 49.4 Å². The molecule has 6 aliphatic rings. The SMILES string of the molecule is Oc1ccccc1C=NCCC[Si]12O[Si]3(CCCN=Cc4ccccc4O)O[Si]4(CCCN=Cc5ccccc5O)O[Si](CCCN=Cc5ccccc5O)(O1)O[Si]1(CCCN=Cc5ccccc5O)O[Si](CCCN=Cc5ccccc5O)(O2)O[Si](CCCN=Cc2ccccc2O)(O3)O[Si](CCCN=Cc2ccccc2O)(O4)O1. The van der Waals surface area contributed by atoms with Gasteiger partial charge in [-0.05, 0) is 148 Å². The van der Waals surface area contributed by atoms with Gasteiger partial charge in [-0.15, -0.1) is 0 Å². The Morgan fingerprint density at radius 2 is 0.276 bits per heavy atom. The van der Waals surface area contributed by atoms with Crippen LogP contribution in [0, 0.1) is 0 Å². The Morgan fingerprint density at radius 1 is 0.172 bits per heavy atom. The number of hydrogen-bond acceptors (Lipinski definition) is 28. The average Bonchev–Trinajstić information content (AvgIpc) is 0.686. The third-order valence-electron chi connectivity index (χ3n) is 19.2. The molecule has 6 saturated heterocycles. The van der Waals surface area contributed by atoms with Gasteiger partial charge in [0.2, 0.25) is 0 Å². The van der Waals surface area contributed by atoms with Gasteiger partial charge in [-0.2, -0.15) is 0 Å². The summed E-state index contributed by atoms with van der Waals surface area (Å²) in [5.74, 6) is 0.337. The van der Waals surface area contributed by atoms with Crippen molar-refractivity contribution in [2.24, 2.45) is 39.9 Å². The molecule has 8 bridgehead atoms. The van der Waals surface area contributed by atoms with E-state index in [1.54, 1.807) is 195 Å². The van der Waals surface area contributed by atoms with Crippen molar-refractivity contribution in [3.8, 4) is 46.0 Å². The Hall–Kier alpha value is -9.22. The molecule has 0 saturated carbocycles. The second-order valence-electron chi connectivity index (χ2n) is 28.3. The summed E-state index contributed by atoms with van der Waals surface area (Å²) in [4.78, 5) is 38.9. The van der Waals surface area contributed by atoms with Gasteiger partial charge in [0.05, 0.1) is 0 Å². The van der Waals surface area contributed by atoms with Gasteiger partial charge < -0.3 is 90.2 Å². The predicted molar refractivity (Wildman–Crippen MR) is 459 cm³/mol. The van der Waals surface area contributed by atoms with Gasteiger partial charge in [-0.1, -0.05) is 97.1 Å². The maximum Gasteiger partial charge on any atom is 0.478 e. The van der Waals surface area contributed by atoms with Crippen LogP contribution in [0.15, 0.2) is 234 Å². The lowest BCUT2D eigenvalue weighted by Gasteiger charge is -2.63. The number of aliphatic imine (C=N–C) groups is 8. The summed E-state index contributed by atoms with van der Waals surface area (Å²) < 4.78 is 98.8. The van der Waals surface area contributed by atoms with Crippen molar-refractivity contribution in [3.05, 3.63) is 239 Å². The molecular formula is C80H96N8O20Si8. The lowest BCUT2D eigenvalue weighted by molar-refractivity contribution is -0.0310. The first-order chi connectivity index (χ1) is 56.4. The van der Waals surface area contributed by atoms with Crippen LogP contribution in [0.25, 0.3) is 0 Å². The molecule has 608 valence electrons. The average molecular weight is 1710 g/mol. The Morgan fingerprint density at radius 3 is 0.379 bits per heavy atom. The van der Waals surface area contributed by atoms with Crippen molar-refractivity contribution in [2.45, 2.75) is 99.7 Å².